The Morgan fingerprint density at radius 2 is 1.83 bits per heavy atom. The first kappa shape index (κ1) is 17.8. The number of hydrogen-bond donors (Lipinski definition) is 3. The van der Waals surface area contributed by atoms with Crippen LogP contribution in [-0.2, 0) is 15.6 Å². The molecule has 0 spiro atoms. The van der Waals surface area contributed by atoms with Crippen molar-refractivity contribution in [3.8, 4) is 0 Å². The molecule has 2 heterocycles. The fraction of sp³-hybridized carbons (Fsp3) is 0.304. The first-order valence-corrected chi connectivity index (χ1v) is 9.83. The quantitative estimate of drug-likeness (QED) is 0.479. The van der Waals surface area contributed by atoms with Crippen LogP contribution in [0.25, 0.3) is 22.0 Å². The second-order valence-corrected chi connectivity index (χ2v) is 9.00. The van der Waals surface area contributed by atoms with Gasteiger partial charge in [-0.15, -0.1) is 0 Å². The van der Waals surface area contributed by atoms with Crippen molar-refractivity contribution in [1.82, 2.24) is 9.97 Å². The molecule has 0 bridgehead atoms. The minimum absolute atomic E-state index is 0.0198. The van der Waals surface area contributed by atoms with Crippen molar-refractivity contribution in [3.05, 3.63) is 64.3 Å². The summed E-state index contributed by atoms with van der Waals surface area (Å²) in [4.78, 5) is 30.6. The molecule has 1 aliphatic rings. The Balaban J connectivity index is 1.43. The van der Waals surface area contributed by atoms with Crippen LogP contribution in [-0.4, -0.2) is 15.9 Å². The van der Waals surface area contributed by atoms with Crippen LogP contribution in [0.5, 0.6) is 0 Å². The minimum Gasteiger partial charge on any atom is -0.408 e. The number of anilines is 1. The van der Waals surface area contributed by atoms with Crippen molar-refractivity contribution in [2.45, 2.75) is 44.4 Å². The molecule has 1 aliphatic carbocycles. The molecule has 0 saturated heterocycles. The SMILES string of the molecule is CC(C)(C)c1cc2cc(NC(=O)C3(c4ccc5oc(=O)[nH]c5c4)CC3)ccc2[nH]1. The molecular weight excluding hydrogens is 366 g/mol. The Morgan fingerprint density at radius 1 is 1.03 bits per heavy atom. The molecular formula is C23H23N3O3. The smallest absolute Gasteiger partial charge is 0.408 e. The molecule has 2 aromatic heterocycles. The van der Waals surface area contributed by atoms with Crippen LogP contribution in [0.4, 0.5) is 5.69 Å². The normalized spacial score (nSPS) is 15.7. The average Bonchev–Trinajstić information content (AvgIpc) is 3.21. The van der Waals surface area contributed by atoms with Crippen LogP contribution in [0.3, 0.4) is 0 Å². The summed E-state index contributed by atoms with van der Waals surface area (Å²) in [6.45, 7) is 6.50. The van der Waals surface area contributed by atoms with Gasteiger partial charge in [-0.3, -0.25) is 9.78 Å². The van der Waals surface area contributed by atoms with Gasteiger partial charge in [0.2, 0.25) is 5.91 Å². The number of fused-ring (bicyclic) bond motifs is 2. The summed E-state index contributed by atoms with van der Waals surface area (Å²) in [5, 5.41) is 4.17. The number of aromatic nitrogens is 2. The third-order valence-corrected chi connectivity index (χ3v) is 5.84. The fourth-order valence-electron chi connectivity index (χ4n) is 3.89. The third-order valence-electron chi connectivity index (χ3n) is 5.84. The lowest BCUT2D eigenvalue weighted by Crippen LogP contribution is -2.27. The van der Waals surface area contributed by atoms with E-state index in [1.807, 2.05) is 30.3 Å². The number of rotatable bonds is 3. The lowest BCUT2D eigenvalue weighted by atomic mass is 9.92. The monoisotopic (exact) mass is 389 g/mol. The second-order valence-electron chi connectivity index (χ2n) is 9.00. The van der Waals surface area contributed by atoms with Gasteiger partial charge in [0.1, 0.15) is 0 Å². The predicted molar refractivity (Wildman–Crippen MR) is 113 cm³/mol. The highest BCUT2D eigenvalue weighted by Gasteiger charge is 2.51. The summed E-state index contributed by atoms with van der Waals surface area (Å²) in [6.07, 6.45) is 1.57. The maximum absolute atomic E-state index is 13.1. The summed E-state index contributed by atoms with van der Waals surface area (Å²) in [5.74, 6) is -0.505. The van der Waals surface area contributed by atoms with E-state index in [4.69, 9.17) is 4.42 Å². The lowest BCUT2D eigenvalue weighted by molar-refractivity contribution is -0.118. The van der Waals surface area contributed by atoms with Crippen LogP contribution in [0.15, 0.2) is 51.7 Å². The number of nitrogens with one attached hydrogen (secondary N) is 3. The van der Waals surface area contributed by atoms with E-state index in [1.165, 1.54) is 0 Å². The van der Waals surface area contributed by atoms with Crippen molar-refractivity contribution in [2.24, 2.45) is 0 Å². The molecule has 4 aromatic rings. The molecule has 5 rings (SSSR count). The van der Waals surface area contributed by atoms with Crippen molar-refractivity contribution in [2.75, 3.05) is 5.32 Å². The molecule has 148 valence electrons. The van der Waals surface area contributed by atoms with Crippen LogP contribution >= 0.6 is 0 Å². The molecule has 6 nitrogen and oxygen atoms in total. The van der Waals surface area contributed by atoms with Crippen molar-refractivity contribution < 1.29 is 9.21 Å². The molecule has 0 radical (unpaired) electrons. The van der Waals surface area contributed by atoms with Gasteiger partial charge in [-0.05, 0) is 54.8 Å². The van der Waals surface area contributed by atoms with E-state index in [0.717, 1.165) is 40.7 Å². The zero-order valence-electron chi connectivity index (χ0n) is 16.7. The van der Waals surface area contributed by atoms with Crippen LogP contribution < -0.4 is 11.1 Å². The first-order chi connectivity index (χ1) is 13.7. The van der Waals surface area contributed by atoms with Gasteiger partial charge in [0.25, 0.3) is 0 Å². The summed E-state index contributed by atoms with van der Waals surface area (Å²) in [5.41, 5.74) is 4.51. The maximum atomic E-state index is 13.1. The van der Waals surface area contributed by atoms with E-state index in [0.29, 0.717) is 11.1 Å². The molecule has 0 atom stereocenters. The number of aromatic amines is 2. The van der Waals surface area contributed by atoms with Gasteiger partial charge in [-0.25, -0.2) is 4.79 Å². The number of oxazole rings is 1. The van der Waals surface area contributed by atoms with E-state index in [-0.39, 0.29) is 11.3 Å². The highest BCUT2D eigenvalue weighted by molar-refractivity contribution is 6.03. The zero-order valence-corrected chi connectivity index (χ0v) is 16.7. The maximum Gasteiger partial charge on any atom is 0.417 e. The number of benzene rings is 2. The van der Waals surface area contributed by atoms with Crippen LogP contribution in [0, 0.1) is 0 Å². The Bertz CT molecular complexity index is 1310. The highest BCUT2D eigenvalue weighted by Crippen LogP contribution is 2.49. The summed E-state index contributed by atoms with van der Waals surface area (Å²) < 4.78 is 5.06. The standard InChI is InChI=1S/C23H23N3O3/c1-22(2,3)19-11-13-10-15(5-6-16(13)25-19)24-20(27)23(8-9-23)14-4-7-18-17(12-14)26-21(28)29-18/h4-7,10-12,25H,8-9H2,1-3H3,(H,24,27)(H,26,28). The molecule has 0 unspecified atom stereocenters. The van der Waals surface area contributed by atoms with E-state index < -0.39 is 11.2 Å². The van der Waals surface area contributed by atoms with Gasteiger partial charge >= 0.3 is 5.76 Å². The van der Waals surface area contributed by atoms with Gasteiger partial charge < -0.3 is 14.7 Å². The Hall–Kier alpha value is -3.28. The number of H-pyrrole nitrogens is 2. The van der Waals surface area contributed by atoms with Crippen LogP contribution in [0.2, 0.25) is 0 Å². The van der Waals surface area contributed by atoms with E-state index >= 15 is 0 Å². The molecule has 1 fully saturated rings. The van der Waals surface area contributed by atoms with Gasteiger partial charge in [0, 0.05) is 27.7 Å². The summed E-state index contributed by atoms with van der Waals surface area (Å²) >= 11 is 0. The summed E-state index contributed by atoms with van der Waals surface area (Å²) in [7, 11) is 0. The number of hydrogen-bond acceptors (Lipinski definition) is 3. The van der Waals surface area contributed by atoms with E-state index in [2.05, 4.69) is 42.1 Å². The Kier molecular flexibility index (Phi) is 3.60. The van der Waals surface area contributed by atoms with Crippen molar-refractivity contribution in [3.63, 3.8) is 0 Å². The molecule has 2 aromatic carbocycles. The van der Waals surface area contributed by atoms with Crippen LogP contribution in [0.1, 0.15) is 44.9 Å². The number of carbonyl (C=O) groups excluding carboxylic acids is 1. The molecule has 0 aliphatic heterocycles. The molecule has 6 heteroatoms. The lowest BCUT2D eigenvalue weighted by Gasteiger charge is -2.16. The number of amides is 1. The second kappa shape index (κ2) is 5.86. The number of carbonyl (C=O) groups is 1. The molecule has 1 amide bonds. The van der Waals surface area contributed by atoms with Gasteiger partial charge in [0.05, 0.1) is 10.9 Å². The Morgan fingerprint density at radius 3 is 2.55 bits per heavy atom. The molecule has 3 N–H and O–H groups in total. The third kappa shape index (κ3) is 2.95. The van der Waals surface area contributed by atoms with E-state index in [1.54, 1.807) is 6.07 Å². The molecule has 1 saturated carbocycles. The predicted octanol–water partition coefficient (Wildman–Crippen LogP) is 4.57. The van der Waals surface area contributed by atoms with E-state index in [9.17, 15) is 9.59 Å². The van der Waals surface area contributed by atoms with Crippen molar-refractivity contribution >= 4 is 33.6 Å². The average molecular weight is 389 g/mol. The summed E-state index contributed by atoms with van der Waals surface area (Å²) in [6, 6.07) is 13.5. The van der Waals surface area contributed by atoms with Gasteiger partial charge in [0.15, 0.2) is 5.58 Å². The molecule has 29 heavy (non-hydrogen) atoms. The first-order valence-electron chi connectivity index (χ1n) is 9.83. The largest absolute Gasteiger partial charge is 0.417 e. The Labute approximate surface area is 167 Å². The fourth-order valence-corrected chi connectivity index (χ4v) is 3.89. The topological polar surface area (TPSA) is 90.9 Å². The zero-order chi connectivity index (χ0) is 20.4. The highest BCUT2D eigenvalue weighted by atomic mass is 16.4. The minimum atomic E-state index is -0.550. The van der Waals surface area contributed by atoms with Gasteiger partial charge in [-0.2, -0.15) is 0 Å². The van der Waals surface area contributed by atoms with Crippen molar-refractivity contribution in [1.29, 1.82) is 0 Å². The van der Waals surface area contributed by atoms with Gasteiger partial charge in [-0.1, -0.05) is 26.8 Å².